The zero-order valence-corrected chi connectivity index (χ0v) is 9.18. The number of nitrogens with two attached hydrogens (primary N) is 1. The summed E-state index contributed by atoms with van der Waals surface area (Å²) < 4.78 is 0. The number of amides is 1. The van der Waals surface area contributed by atoms with E-state index >= 15 is 0 Å². The van der Waals surface area contributed by atoms with Gasteiger partial charge in [0.25, 0.3) is 0 Å². The van der Waals surface area contributed by atoms with Crippen LogP contribution in [0.4, 0.5) is 5.82 Å². The van der Waals surface area contributed by atoms with Crippen LogP contribution < -0.4 is 10.6 Å². The first-order valence-corrected chi connectivity index (χ1v) is 5.11. The van der Waals surface area contributed by atoms with Crippen LogP contribution >= 0.6 is 0 Å². The number of hydrogen-bond acceptors (Lipinski definition) is 3. The smallest absolute Gasteiger partial charge is 0.244 e. The van der Waals surface area contributed by atoms with Gasteiger partial charge in [0.2, 0.25) is 5.91 Å². The van der Waals surface area contributed by atoms with Gasteiger partial charge in [-0.1, -0.05) is 19.4 Å². The topological polar surface area (TPSA) is 59.2 Å². The highest BCUT2D eigenvalue weighted by Gasteiger charge is 2.18. The molecule has 0 aliphatic carbocycles. The summed E-state index contributed by atoms with van der Waals surface area (Å²) in [6.07, 6.45) is 3.27. The second-order valence-corrected chi connectivity index (χ2v) is 3.48. The lowest BCUT2D eigenvalue weighted by molar-refractivity contribution is -0.119. The lowest BCUT2D eigenvalue weighted by Crippen LogP contribution is -2.42. The average Bonchev–Trinajstić information content (AvgIpc) is 2.28. The number of aromatic nitrogens is 1. The molecule has 1 heterocycles. The van der Waals surface area contributed by atoms with E-state index in [1.165, 1.54) is 4.90 Å². The van der Waals surface area contributed by atoms with Crippen LogP contribution in [0.15, 0.2) is 24.4 Å². The molecular weight excluding hydrogens is 190 g/mol. The summed E-state index contributed by atoms with van der Waals surface area (Å²) in [6, 6.07) is 5.02. The molecule has 1 aromatic heterocycles. The molecule has 1 aromatic rings. The van der Waals surface area contributed by atoms with Gasteiger partial charge in [-0.3, -0.25) is 9.69 Å². The Morgan fingerprint density at radius 3 is 2.87 bits per heavy atom. The Morgan fingerprint density at radius 1 is 1.60 bits per heavy atom. The Kier molecular flexibility index (Phi) is 4.24. The maximum atomic E-state index is 11.8. The van der Waals surface area contributed by atoms with Crippen LogP contribution in [0.25, 0.3) is 0 Å². The Balaban J connectivity index is 2.69. The fourth-order valence-electron chi connectivity index (χ4n) is 1.35. The lowest BCUT2D eigenvalue weighted by atomic mass is 10.1. The summed E-state index contributed by atoms with van der Waals surface area (Å²) in [5.74, 6) is 0.546. The molecule has 2 N–H and O–H groups in total. The van der Waals surface area contributed by atoms with Crippen LogP contribution in [-0.2, 0) is 4.79 Å². The molecule has 0 aliphatic heterocycles. The number of nitrogens with zero attached hydrogens (tertiary/aromatic N) is 2. The highest BCUT2D eigenvalue weighted by Crippen LogP contribution is 2.09. The van der Waals surface area contributed by atoms with E-state index in [0.717, 1.165) is 6.42 Å². The number of anilines is 1. The van der Waals surface area contributed by atoms with Crippen LogP contribution in [0, 0.1) is 0 Å². The summed E-state index contributed by atoms with van der Waals surface area (Å²) in [6.45, 7) is 2.01. The standard InChI is InChI=1S/C11H17N3O/c1-3-6-9(12)11(15)14(2)10-7-4-5-8-13-10/h4-5,7-9H,3,6,12H2,1-2H3/t9-/m1/s1. The highest BCUT2D eigenvalue weighted by atomic mass is 16.2. The summed E-state index contributed by atoms with van der Waals surface area (Å²) in [5.41, 5.74) is 5.75. The maximum absolute atomic E-state index is 11.8. The summed E-state index contributed by atoms with van der Waals surface area (Å²) >= 11 is 0. The van der Waals surface area contributed by atoms with Gasteiger partial charge in [0.05, 0.1) is 6.04 Å². The number of carbonyl (C=O) groups excluding carboxylic acids is 1. The molecule has 0 unspecified atom stereocenters. The van der Waals surface area contributed by atoms with Gasteiger partial charge in [-0.05, 0) is 18.6 Å². The highest BCUT2D eigenvalue weighted by molar-refractivity contribution is 5.95. The number of hydrogen-bond donors (Lipinski definition) is 1. The molecule has 1 rings (SSSR count). The summed E-state index contributed by atoms with van der Waals surface area (Å²) in [5, 5.41) is 0. The van der Waals surface area contributed by atoms with Gasteiger partial charge in [0.1, 0.15) is 5.82 Å². The minimum absolute atomic E-state index is 0.0875. The van der Waals surface area contributed by atoms with Gasteiger partial charge in [-0.15, -0.1) is 0 Å². The average molecular weight is 207 g/mol. The van der Waals surface area contributed by atoms with Crippen LogP contribution in [0.1, 0.15) is 19.8 Å². The van der Waals surface area contributed by atoms with Gasteiger partial charge in [-0.2, -0.15) is 0 Å². The van der Waals surface area contributed by atoms with Crippen molar-refractivity contribution >= 4 is 11.7 Å². The Labute approximate surface area is 90.1 Å². The summed E-state index contributed by atoms with van der Waals surface area (Å²) in [7, 11) is 1.69. The van der Waals surface area contributed by atoms with Crippen LogP contribution in [0.2, 0.25) is 0 Å². The summed E-state index contributed by atoms with van der Waals surface area (Å²) in [4.78, 5) is 17.4. The van der Waals surface area contributed by atoms with E-state index in [4.69, 9.17) is 5.73 Å². The van der Waals surface area contributed by atoms with E-state index in [1.807, 2.05) is 19.1 Å². The van der Waals surface area contributed by atoms with E-state index < -0.39 is 6.04 Å². The van der Waals surface area contributed by atoms with Crippen molar-refractivity contribution in [3.63, 3.8) is 0 Å². The predicted molar refractivity (Wildman–Crippen MR) is 60.5 cm³/mol. The SMILES string of the molecule is CCC[C@@H](N)C(=O)N(C)c1ccccn1. The molecule has 1 atom stereocenters. The molecule has 82 valence electrons. The fourth-order valence-corrected chi connectivity index (χ4v) is 1.35. The van der Waals surface area contributed by atoms with Gasteiger partial charge in [0.15, 0.2) is 0 Å². The normalized spacial score (nSPS) is 12.2. The van der Waals surface area contributed by atoms with Gasteiger partial charge >= 0.3 is 0 Å². The van der Waals surface area contributed by atoms with E-state index in [1.54, 1.807) is 19.3 Å². The first-order valence-electron chi connectivity index (χ1n) is 5.11. The minimum Gasteiger partial charge on any atom is -0.320 e. The van der Waals surface area contributed by atoms with Crippen molar-refractivity contribution in [1.82, 2.24) is 4.98 Å². The van der Waals surface area contributed by atoms with E-state index in [2.05, 4.69) is 4.98 Å². The van der Waals surface area contributed by atoms with Gasteiger partial charge < -0.3 is 5.73 Å². The van der Waals surface area contributed by atoms with Crippen molar-refractivity contribution in [3.8, 4) is 0 Å². The molecule has 0 radical (unpaired) electrons. The molecular formula is C11H17N3O. The molecule has 4 nitrogen and oxygen atoms in total. The van der Waals surface area contributed by atoms with Crippen molar-refractivity contribution in [3.05, 3.63) is 24.4 Å². The largest absolute Gasteiger partial charge is 0.320 e. The molecule has 0 bridgehead atoms. The third-order valence-corrected chi connectivity index (χ3v) is 2.24. The van der Waals surface area contributed by atoms with Gasteiger partial charge in [-0.25, -0.2) is 4.98 Å². The van der Waals surface area contributed by atoms with Crippen molar-refractivity contribution < 1.29 is 4.79 Å². The first-order chi connectivity index (χ1) is 7.16. The number of carbonyl (C=O) groups is 1. The lowest BCUT2D eigenvalue weighted by Gasteiger charge is -2.19. The second-order valence-electron chi connectivity index (χ2n) is 3.48. The number of pyridine rings is 1. The molecule has 15 heavy (non-hydrogen) atoms. The third-order valence-electron chi connectivity index (χ3n) is 2.24. The van der Waals surface area contributed by atoms with Crippen molar-refractivity contribution in [2.24, 2.45) is 5.73 Å². The number of likely N-dealkylation sites (N-methyl/N-ethyl adjacent to an activating group) is 1. The third kappa shape index (κ3) is 3.02. The molecule has 0 saturated heterocycles. The Bertz CT molecular complexity index is 313. The molecule has 0 aromatic carbocycles. The Hall–Kier alpha value is -1.42. The van der Waals surface area contributed by atoms with Gasteiger partial charge in [0, 0.05) is 13.2 Å². The van der Waals surface area contributed by atoms with Crippen LogP contribution in [0.3, 0.4) is 0 Å². The van der Waals surface area contributed by atoms with Crippen LogP contribution in [-0.4, -0.2) is 24.0 Å². The predicted octanol–water partition coefficient (Wildman–Crippen LogP) is 1.17. The molecule has 0 saturated carbocycles. The van der Waals surface area contributed by atoms with E-state index in [0.29, 0.717) is 12.2 Å². The monoisotopic (exact) mass is 207 g/mol. The van der Waals surface area contributed by atoms with Crippen molar-refractivity contribution in [1.29, 1.82) is 0 Å². The van der Waals surface area contributed by atoms with E-state index in [-0.39, 0.29) is 5.91 Å². The number of rotatable bonds is 4. The van der Waals surface area contributed by atoms with E-state index in [9.17, 15) is 4.79 Å². The maximum Gasteiger partial charge on any atom is 0.244 e. The Morgan fingerprint density at radius 2 is 2.33 bits per heavy atom. The fraction of sp³-hybridized carbons (Fsp3) is 0.455. The second kappa shape index (κ2) is 5.46. The first kappa shape index (κ1) is 11.7. The van der Waals surface area contributed by atoms with Crippen molar-refractivity contribution in [2.45, 2.75) is 25.8 Å². The molecule has 1 amide bonds. The zero-order valence-electron chi connectivity index (χ0n) is 9.18. The minimum atomic E-state index is -0.429. The quantitative estimate of drug-likeness (QED) is 0.806. The molecule has 0 spiro atoms. The molecule has 0 fully saturated rings. The molecule has 4 heteroatoms. The zero-order chi connectivity index (χ0) is 11.3. The van der Waals surface area contributed by atoms with Crippen LogP contribution in [0.5, 0.6) is 0 Å². The molecule has 0 aliphatic rings. The van der Waals surface area contributed by atoms with Crippen molar-refractivity contribution in [2.75, 3.05) is 11.9 Å².